The SMILES string of the molecule is COc1ccc(CN(C)CCC(=O)Nc2ccccc2C(N)=O)c(OC)c1. The Bertz CT molecular complexity index is 808. The van der Waals surface area contributed by atoms with Crippen LogP contribution in [0.3, 0.4) is 0 Å². The summed E-state index contributed by atoms with van der Waals surface area (Å²) in [6.45, 7) is 1.16. The van der Waals surface area contributed by atoms with Crippen LogP contribution in [0.15, 0.2) is 42.5 Å². The molecule has 144 valence electrons. The average molecular weight is 371 g/mol. The van der Waals surface area contributed by atoms with E-state index in [2.05, 4.69) is 5.32 Å². The van der Waals surface area contributed by atoms with Crippen LogP contribution in [0.1, 0.15) is 22.3 Å². The molecule has 0 atom stereocenters. The molecule has 0 saturated carbocycles. The van der Waals surface area contributed by atoms with Gasteiger partial charge in [-0.05, 0) is 25.2 Å². The van der Waals surface area contributed by atoms with Crippen LogP contribution >= 0.6 is 0 Å². The van der Waals surface area contributed by atoms with Crippen molar-refractivity contribution in [1.82, 2.24) is 4.90 Å². The molecule has 7 nitrogen and oxygen atoms in total. The van der Waals surface area contributed by atoms with Gasteiger partial charge in [-0.3, -0.25) is 9.59 Å². The fourth-order valence-electron chi connectivity index (χ4n) is 2.66. The van der Waals surface area contributed by atoms with E-state index in [4.69, 9.17) is 15.2 Å². The molecule has 2 aromatic carbocycles. The van der Waals surface area contributed by atoms with Gasteiger partial charge in [0.05, 0.1) is 25.5 Å². The normalized spacial score (nSPS) is 10.5. The molecule has 0 fully saturated rings. The van der Waals surface area contributed by atoms with Gasteiger partial charge in [-0.1, -0.05) is 18.2 Å². The molecule has 0 aromatic heterocycles. The Morgan fingerprint density at radius 1 is 1.11 bits per heavy atom. The number of nitrogens with zero attached hydrogens (tertiary/aromatic N) is 1. The zero-order valence-electron chi connectivity index (χ0n) is 15.8. The van der Waals surface area contributed by atoms with Crippen molar-refractivity contribution in [2.75, 3.05) is 33.1 Å². The fourth-order valence-corrected chi connectivity index (χ4v) is 2.66. The number of rotatable bonds is 9. The number of ether oxygens (including phenoxy) is 2. The summed E-state index contributed by atoms with van der Waals surface area (Å²) in [6, 6.07) is 12.3. The van der Waals surface area contributed by atoms with Crippen molar-refractivity contribution < 1.29 is 19.1 Å². The van der Waals surface area contributed by atoms with Gasteiger partial charge in [0, 0.05) is 31.1 Å². The topological polar surface area (TPSA) is 93.9 Å². The molecule has 0 unspecified atom stereocenters. The molecular weight excluding hydrogens is 346 g/mol. The summed E-state index contributed by atoms with van der Waals surface area (Å²) in [5, 5.41) is 2.74. The van der Waals surface area contributed by atoms with E-state index in [0.29, 0.717) is 24.3 Å². The van der Waals surface area contributed by atoms with Crippen LogP contribution in [0, 0.1) is 0 Å². The quantitative estimate of drug-likeness (QED) is 0.705. The standard InChI is InChI=1S/C20H25N3O4/c1-23(13-14-8-9-15(26-2)12-18(14)27-3)11-10-19(24)22-17-7-5-4-6-16(17)20(21)25/h4-9,12H,10-11,13H2,1-3H3,(H2,21,25)(H,22,24). The highest BCUT2D eigenvalue weighted by Crippen LogP contribution is 2.25. The van der Waals surface area contributed by atoms with E-state index < -0.39 is 5.91 Å². The zero-order valence-corrected chi connectivity index (χ0v) is 15.8. The van der Waals surface area contributed by atoms with Crippen molar-refractivity contribution >= 4 is 17.5 Å². The number of amides is 2. The minimum atomic E-state index is -0.574. The van der Waals surface area contributed by atoms with Gasteiger partial charge in [-0.2, -0.15) is 0 Å². The third kappa shape index (κ3) is 5.72. The summed E-state index contributed by atoms with van der Waals surface area (Å²) >= 11 is 0. The van der Waals surface area contributed by atoms with Crippen LogP contribution in [-0.2, 0) is 11.3 Å². The summed E-state index contributed by atoms with van der Waals surface area (Å²) in [7, 11) is 5.14. The van der Waals surface area contributed by atoms with Gasteiger partial charge in [0.25, 0.3) is 5.91 Å². The maximum Gasteiger partial charge on any atom is 0.250 e. The predicted octanol–water partition coefficient (Wildman–Crippen LogP) is 2.26. The fraction of sp³-hybridized carbons (Fsp3) is 0.300. The number of carbonyl (C=O) groups excluding carboxylic acids is 2. The summed E-state index contributed by atoms with van der Waals surface area (Å²) in [6.07, 6.45) is 0.280. The van der Waals surface area contributed by atoms with Gasteiger partial charge in [0.15, 0.2) is 0 Å². The summed E-state index contributed by atoms with van der Waals surface area (Å²) in [5.74, 6) is 0.707. The van der Waals surface area contributed by atoms with Crippen molar-refractivity contribution in [3.63, 3.8) is 0 Å². The molecule has 0 aliphatic heterocycles. The molecule has 0 heterocycles. The van der Waals surface area contributed by atoms with Gasteiger partial charge in [0.1, 0.15) is 11.5 Å². The van der Waals surface area contributed by atoms with Gasteiger partial charge in [-0.25, -0.2) is 0 Å². The van der Waals surface area contributed by atoms with Crippen LogP contribution in [0.4, 0.5) is 5.69 Å². The van der Waals surface area contributed by atoms with Gasteiger partial charge >= 0.3 is 0 Å². The minimum absolute atomic E-state index is 0.183. The molecule has 0 spiro atoms. The molecule has 2 rings (SSSR count). The number of nitrogens with one attached hydrogen (secondary N) is 1. The monoisotopic (exact) mass is 371 g/mol. The van der Waals surface area contributed by atoms with Crippen LogP contribution in [-0.4, -0.2) is 44.5 Å². The lowest BCUT2D eigenvalue weighted by Gasteiger charge is -2.19. The van der Waals surface area contributed by atoms with Gasteiger partial charge in [-0.15, -0.1) is 0 Å². The molecule has 0 saturated heterocycles. The number of para-hydroxylation sites is 1. The second-order valence-electron chi connectivity index (χ2n) is 6.12. The van der Waals surface area contributed by atoms with E-state index >= 15 is 0 Å². The molecule has 27 heavy (non-hydrogen) atoms. The first-order valence-electron chi connectivity index (χ1n) is 8.52. The molecule has 0 radical (unpaired) electrons. The molecule has 0 aliphatic carbocycles. The Kier molecular flexibility index (Phi) is 7.19. The number of hydrogen-bond donors (Lipinski definition) is 2. The first-order chi connectivity index (χ1) is 12.9. The number of anilines is 1. The molecule has 2 aromatic rings. The lowest BCUT2D eigenvalue weighted by molar-refractivity contribution is -0.116. The average Bonchev–Trinajstić information content (AvgIpc) is 2.67. The van der Waals surface area contributed by atoms with E-state index in [-0.39, 0.29) is 12.3 Å². The van der Waals surface area contributed by atoms with E-state index in [0.717, 1.165) is 17.1 Å². The first kappa shape index (κ1) is 20.3. The number of nitrogens with two attached hydrogens (primary N) is 1. The minimum Gasteiger partial charge on any atom is -0.497 e. The molecular formula is C20H25N3O4. The predicted molar refractivity (Wildman–Crippen MR) is 104 cm³/mol. The highest BCUT2D eigenvalue weighted by molar-refractivity contribution is 6.02. The highest BCUT2D eigenvalue weighted by Gasteiger charge is 2.12. The number of methoxy groups -OCH3 is 2. The van der Waals surface area contributed by atoms with Crippen molar-refractivity contribution in [2.45, 2.75) is 13.0 Å². The van der Waals surface area contributed by atoms with E-state index in [1.807, 2.05) is 30.1 Å². The second-order valence-corrected chi connectivity index (χ2v) is 6.12. The highest BCUT2D eigenvalue weighted by atomic mass is 16.5. The number of benzene rings is 2. The van der Waals surface area contributed by atoms with Gasteiger partial charge < -0.3 is 25.4 Å². The van der Waals surface area contributed by atoms with E-state index in [1.165, 1.54) is 0 Å². The smallest absolute Gasteiger partial charge is 0.250 e. The van der Waals surface area contributed by atoms with Crippen LogP contribution in [0.2, 0.25) is 0 Å². The number of primary amides is 1. The van der Waals surface area contributed by atoms with Crippen molar-refractivity contribution in [2.24, 2.45) is 5.73 Å². The van der Waals surface area contributed by atoms with E-state index in [1.54, 1.807) is 38.5 Å². The Labute approximate surface area is 159 Å². The summed E-state index contributed by atoms with van der Waals surface area (Å²) < 4.78 is 10.6. The lowest BCUT2D eigenvalue weighted by Crippen LogP contribution is -2.25. The maximum absolute atomic E-state index is 12.2. The third-order valence-corrected chi connectivity index (χ3v) is 4.12. The second kappa shape index (κ2) is 9.59. The van der Waals surface area contributed by atoms with Gasteiger partial charge in [0.2, 0.25) is 5.91 Å². The summed E-state index contributed by atoms with van der Waals surface area (Å²) in [5.41, 5.74) is 7.05. The van der Waals surface area contributed by atoms with Crippen molar-refractivity contribution in [1.29, 1.82) is 0 Å². The molecule has 7 heteroatoms. The van der Waals surface area contributed by atoms with E-state index in [9.17, 15) is 9.59 Å². The number of hydrogen-bond acceptors (Lipinski definition) is 5. The zero-order chi connectivity index (χ0) is 19.8. The molecule has 0 bridgehead atoms. The maximum atomic E-state index is 12.2. The van der Waals surface area contributed by atoms with Crippen molar-refractivity contribution in [3.05, 3.63) is 53.6 Å². The lowest BCUT2D eigenvalue weighted by atomic mass is 10.1. The number of carbonyl (C=O) groups is 2. The summed E-state index contributed by atoms with van der Waals surface area (Å²) in [4.78, 5) is 25.7. The third-order valence-electron chi connectivity index (χ3n) is 4.12. The Morgan fingerprint density at radius 2 is 1.85 bits per heavy atom. The molecule has 0 aliphatic rings. The molecule has 2 amide bonds. The van der Waals surface area contributed by atoms with Crippen LogP contribution in [0.25, 0.3) is 0 Å². The Hall–Kier alpha value is -3.06. The first-order valence-corrected chi connectivity index (χ1v) is 8.52. The van der Waals surface area contributed by atoms with Crippen molar-refractivity contribution in [3.8, 4) is 11.5 Å². The Morgan fingerprint density at radius 3 is 2.52 bits per heavy atom. The van der Waals surface area contributed by atoms with Crippen LogP contribution < -0.4 is 20.5 Å². The Balaban J connectivity index is 1.91. The molecule has 3 N–H and O–H groups in total. The van der Waals surface area contributed by atoms with Crippen LogP contribution in [0.5, 0.6) is 11.5 Å². The largest absolute Gasteiger partial charge is 0.497 e.